The number of furan rings is 1. The van der Waals surface area contributed by atoms with E-state index in [-0.39, 0.29) is 0 Å². The SMILES string of the molecule is c1ccc(-c2ccc(-c3nc(-c4ccccc4)nc(-c4ccc(N5Cc6ccccc6-c6c5c(-c5ccc7c8ccccc8n(-c8ccccc8)c7c5)cc5c6oc6ccccc65)cc4)n3)cc2)cc1. The fourth-order valence-corrected chi connectivity index (χ4v) is 10.5. The van der Waals surface area contributed by atoms with Crippen molar-refractivity contribution in [2.75, 3.05) is 4.90 Å². The van der Waals surface area contributed by atoms with Crippen molar-refractivity contribution in [3.63, 3.8) is 0 Å². The van der Waals surface area contributed by atoms with E-state index < -0.39 is 0 Å². The second kappa shape index (κ2) is 16.1. The third-order valence-electron chi connectivity index (χ3n) is 13.9. The minimum absolute atomic E-state index is 0.610. The maximum atomic E-state index is 6.92. The molecule has 70 heavy (non-hydrogen) atoms. The number of hydrogen-bond acceptors (Lipinski definition) is 5. The lowest BCUT2D eigenvalue weighted by Crippen LogP contribution is -2.22. The summed E-state index contributed by atoms with van der Waals surface area (Å²) in [5.41, 5.74) is 18.2. The van der Waals surface area contributed by atoms with Crippen LogP contribution in [0, 0.1) is 0 Å². The quantitative estimate of drug-likeness (QED) is 0.159. The molecule has 0 aliphatic carbocycles. The van der Waals surface area contributed by atoms with E-state index in [1.165, 1.54) is 27.4 Å². The number of anilines is 2. The number of fused-ring (bicyclic) bond motifs is 10. The van der Waals surface area contributed by atoms with Gasteiger partial charge in [-0.15, -0.1) is 0 Å². The first-order chi connectivity index (χ1) is 34.7. The summed E-state index contributed by atoms with van der Waals surface area (Å²) in [5, 5.41) is 4.63. The van der Waals surface area contributed by atoms with Gasteiger partial charge >= 0.3 is 0 Å². The molecule has 6 nitrogen and oxygen atoms in total. The predicted molar refractivity (Wildman–Crippen MR) is 286 cm³/mol. The molecule has 14 rings (SSSR count). The molecule has 6 heteroatoms. The maximum Gasteiger partial charge on any atom is 0.164 e. The minimum Gasteiger partial charge on any atom is -0.455 e. The fourth-order valence-electron chi connectivity index (χ4n) is 10.5. The number of hydrogen-bond donors (Lipinski definition) is 0. The van der Waals surface area contributed by atoms with Gasteiger partial charge in [0.15, 0.2) is 17.5 Å². The first kappa shape index (κ1) is 39.7. The predicted octanol–water partition coefficient (Wildman–Crippen LogP) is 16.5. The summed E-state index contributed by atoms with van der Waals surface area (Å²) in [6.45, 7) is 0.667. The molecule has 0 bridgehead atoms. The van der Waals surface area contributed by atoms with Crippen LogP contribution in [0.1, 0.15) is 5.56 Å². The van der Waals surface area contributed by atoms with Crippen LogP contribution in [0.25, 0.3) is 117 Å². The van der Waals surface area contributed by atoms with E-state index in [4.69, 9.17) is 19.4 Å². The van der Waals surface area contributed by atoms with Crippen molar-refractivity contribution < 1.29 is 4.42 Å². The van der Waals surface area contributed by atoms with Crippen LogP contribution in [0.4, 0.5) is 11.4 Å². The van der Waals surface area contributed by atoms with Gasteiger partial charge in [-0.25, -0.2) is 15.0 Å². The second-order valence-corrected chi connectivity index (χ2v) is 17.9. The summed E-state index contributed by atoms with van der Waals surface area (Å²) in [6.07, 6.45) is 0. The number of benzene rings is 10. The standard InChI is InChI=1S/C64H41N5O/c1-4-16-41(17-5-1)42-28-30-44(31-29-42)63-65-62(43-18-6-2-7-19-43)66-64(67-63)45-32-35-48(36-33-45)68-40-47-20-10-11-23-50(47)59-60(68)54(39-55-53-25-13-15-27-58(53)70-61(55)59)46-34-37-52-51-24-12-14-26-56(51)69(57(52)38-46)49-21-8-3-9-22-49/h1-39H,40H2. The normalized spacial score (nSPS) is 12.2. The summed E-state index contributed by atoms with van der Waals surface area (Å²) >= 11 is 0. The van der Waals surface area contributed by atoms with Gasteiger partial charge in [-0.2, -0.15) is 0 Å². The average molecular weight is 896 g/mol. The lowest BCUT2D eigenvalue weighted by molar-refractivity contribution is 0.669. The van der Waals surface area contributed by atoms with Crippen LogP contribution in [0.3, 0.4) is 0 Å². The van der Waals surface area contributed by atoms with Crippen LogP contribution in [0.5, 0.6) is 0 Å². The minimum atomic E-state index is 0.610. The Balaban J connectivity index is 0.947. The van der Waals surface area contributed by atoms with E-state index in [0.717, 1.165) is 89.0 Å². The Kier molecular flexibility index (Phi) is 9.17. The summed E-state index contributed by atoms with van der Waals surface area (Å²) in [5.74, 6) is 1.86. The Hall–Kier alpha value is -9.39. The summed E-state index contributed by atoms with van der Waals surface area (Å²) in [6, 6.07) is 83.6. The van der Waals surface area contributed by atoms with Gasteiger partial charge in [0.2, 0.25) is 0 Å². The van der Waals surface area contributed by atoms with Crippen LogP contribution in [0.2, 0.25) is 0 Å². The average Bonchev–Trinajstić information content (AvgIpc) is 3.98. The van der Waals surface area contributed by atoms with Crippen molar-refractivity contribution in [1.82, 2.24) is 19.5 Å². The van der Waals surface area contributed by atoms with Crippen molar-refractivity contribution in [2.45, 2.75) is 6.54 Å². The van der Waals surface area contributed by atoms with Crippen LogP contribution in [0.15, 0.2) is 241 Å². The maximum absolute atomic E-state index is 6.92. The fraction of sp³-hybridized carbons (Fsp3) is 0.0156. The van der Waals surface area contributed by atoms with Crippen molar-refractivity contribution in [1.29, 1.82) is 0 Å². The Bertz CT molecular complexity index is 4120. The number of aromatic nitrogens is 4. The van der Waals surface area contributed by atoms with Gasteiger partial charge in [-0.05, 0) is 88.5 Å². The van der Waals surface area contributed by atoms with Gasteiger partial charge < -0.3 is 13.9 Å². The molecular weight excluding hydrogens is 855 g/mol. The molecule has 0 atom stereocenters. The van der Waals surface area contributed by atoms with Gasteiger partial charge in [-0.3, -0.25) is 0 Å². The Morgan fingerprint density at radius 3 is 1.61 bits per heavy atom. The van der Waals surface area contributed by atoms with Crippen LogP contribution in [-0.2, 0) is 6.54 Å². The monoisotopic (exact) mass is 895 g/mol. The molecule has 3 aromatic heterocycles. The molecule has 0 saturated carbocycles. The van der Waals surface area contributed by atoms with Crippen molar-refractivity contribution >= 4 is 55.1 Å². The Labute approximate surface area is 404 Å². The van der Waals surface area contributed by atoms with Gasteiger partial charge in [0, 0.05) is 67.3 Å². The largest absolute Gasteiger partial charge is 0.455 e. The smallest absolute Gasteiger partial charge is 0.164 e. The molecule has 328 valence electrons. The van der Waals surface area contributed by atoms with Crippen LogP contribution in [-0.4, -0.2) is 19.5 Å². The van der Waals surface area contributed by atoms with Crippen molar-refractivity contribution in [3.8, 4) is 73.2 Å². The Morgan fingerprint density at radius 2 is 0.886 bits per heavy atom. The molecule has 0 saturated heterocycles. The third-order valence-corrected chi connectivity index (χ3v) is 13.9. The van der Waals surface area contributed by atoms with E-state index in [0.29, 0.717) is 24.0 Å². The van der Waals surface area contributed by atoms with Crippen LogP contribution >= 0.6 is 0 Å². The molecule has 10 aromatic carbocycles. The summed E-state index contributed by atoms with van der Waals surface area (Å²) < 4.78 is 9.31. The van der Waals surface area contributed by atoms with E-state index in [2.05, 4.69) is 210 Å². The summed E-state index contributed by atoms with van der Waals surface area (Å²) in [4.78, 5) is 17.7. The highest BCUT2D eigenvalue weighted by Crippen LogP contribution is 2.53. The first-order valence-corrected chi connectivity index (χ1v) is 23.7. The molecule has 0 radical (unpaired) electrons. The lowest BCUT2D eigenvalue weighted by atomic mass is 9.86. The van der Waals surface area contributed by atoms with E-state index in [1.807, 2.05) is 36.4 Å². The van der Waals surface area contributed by atoms with Gasteiger partial charge in [0.05, 0.1) is 16.7 Å². The topological polar surface area (TPSA) is 60.0 Å². The highest BCUT2D eigenvalue weighted by molar-refractivity contribution is 6.18. The number of rotatable bonds is 7. The molecule has 0 unspecified atom stereocenters. The highest BCUT2D eigenvalue weighted by Gasteiger charge is 2.31. The van der Waals surface area contributed by atoms with Gasteiger partial charge in [0.1, 0.15) is 11.2 Å². The van der Waals surface area contributed by atoms with Crippen LogP contribution < -0.4 is 4.90 Å². The van der Waals surface area contributed by atoms with E-state index >= 15 is 0 Å². The zero-order valence-corrected chi connectivity index (χ0v) is 37.9. The number of para-hydroxylation sites is 3. The summed E-state index contributed by atoms with van der Waals surface area (Å²) in [7, 11) is 0. The van der Waals surface area contributed by atoms with Crippen molar-refractivity contribution in [2.24, 2.45) is 0 Å². The number of nitrogens with zero attached hydrogens (tertiary/aromatic N) is 5. The van der Waals surface area contributed by atoms with Gasteiger partial charge in [-0.1, -0.05) is 176 Å². The van der Waals surface area contributed by atoms with E-state index in [1.54, 1.807) is 0 Å². The zero-order valence-electron chi connectivity index (χ0n) is 37.9. The molecule has 0 fully saturated rings. The molecule has 1 aliphatic rings. The first-order valence-electron chi connectivity index (χ1n) is 23.7. The molecule has 0 N–H and O–H groups in total. The molecule has 13 aromatic rings. The zero-order chi connectivity index (χ0) is 46.1. The molecule has 0 amide bonds. The molecule has 1 aliphatic heterocycles. The van der Waals surface area contributed by atoms with Gasteiger partial charge in [0.25, 0.3) is 0 Å². The second-order valence-electron chi connectivity index (χ2n) is 17.9. The molecular formula is C64H41N5O. The highest BCUT2D eigenvalue weighted by atomic mass is 16.3. The lowest BCUT2D eigenvalue weighted by Gasteiger charge is -2.35. The van der Waals surface area contributed by atoms with E-state index in [9.17, 15) is 0 Å². The Morgan fingerprint density at radius 1 is 0.357 bits per heavy atom. The molecule has 4 heterocycles. The molecule has 0 spiro atoms. The van der Waals surface area contributed by atoms with Crippen molar-refractivity contribution in [3.05, 3.63) is 242 Å². The third kappa shape index (κ3) is 6.53.